The molecule has 2 rings (SSSR count). The van der Waals surface area contributed by atoms with E-state index in [-0.39, 0.29) is 11.5 Å². The Balaban J connectivity index is 2.29. The van der Waals surface area contributed by atoms with E-state index in [2.05, 4.69) is 5.32 Å². The SMILES string of the molecule is COc1c(O)ccc(C=O)c1NCc1ccco1. The van der Waals surface area contributed by atoms with Crippen molar-refractivity contribution in [2.24, 2.45) is 0 Å². The van der Waals surface area contributed by atoms with Gasteiger partial charge in [-0.25, -0.2) is 0 Å². The number of methoxy groups -OCH3 is 1. The van der Waals surface area contributed by atoms with Gasteiger partial charge in [0.25, 0.3) is 0 Å². The molecular formula is C13H13NO4. The molecule has 0 fully saturated rings. The Kier molecular flexibility index (Phi) is 3.52. The van der Waals surface area contributed by atoms with Gasteiger partial charge in [-0.1, -0.05) is 0 Å². The van der Waals surface area contributed by atoms with Crippen LogP contribution >= 0.6 is 0 Å². The number of phenolic OH excluding ortho intramolecular Hbond substituents is 1. The van der Waals surface area contributed by atoms with Crippen LogP contribution in [0, 0.1) is 0 Å². The van der Waals surface area contributed by atoms with E-state index in [1.165, 1.54) is 19.2 Å². The standard InChI is InChI=1S/C13H13NO4/c1-17-13-11(16)5-4-9(8-15)12(13)14-7-10-3-2-6-18-10/h2-6,8,14,16H,7H2,1H3. The molecule has 0 aliphatic heterocycles. The van der Waals surface area contributed by atoms with Gasteiger partial charge in [0.1, 0.15) is 5.76 Å². The number of hydrogen-bond acceptors (Lipinski definition) is 5. The highest BCUT2D eigenvalue weighted by molar-refractivity contribution is 5.88. The predicted octanol–water partition coefficient (Wildman–Crippen LogP) is 2.42. The van der Waals surface area contributed by atoms with E-state index in [4.69, 9.17) is 9.15 Å². The van der Waals surface area contributed by atoms with E-state index >= 15 is 0 Å². The van der Waals surface area contributed by atoms with Crippen molar-refractivity contribution in [2.45, 2.75) is 6.54 Å². The van der Waals surface area contributed by atoms with Gasteiger partial charge >= 0.3 is 0 Å². The normalized spacial score (nSPS) is 10.1. The molecule has 2 N–H and O–H groups in total. The molecule has 5 heteroatoms. The zero-order valence-corrected chi connectivity index (χ0v) is 9.84. The predicted molar refractivity (Wildman–Crippen MR) is 66.1 cm³/mol. The van der Waals surface area contributed by atoms with Crippen molar-refractivity contribution in [3.63, 3.8) is 0 Å². The van der Waals surface area contributed by atoms with E-state index in [1.54, 1.807) is 12.3 Å². The molecular weight excluding hydrogens is 234 g/mol. The lowest BCUT2D eigenvalue weighted by Crippen LogP contribution is -2.03. The number of aldehydes is 1. The third-order valence-corrected chi connectivity index (χ3v) is 2.52. The van der Waals surface area contributed by atoms with Crippen molar-refractivity contribution in [3.8, 4) is 11.5 Å². The minimum absolute atomic E-state index is 0.0231. The number of hydrogen-bond donors (Lipinski definition) is 2. The van der Waals surface area contributed by atoms with E-state index in [9.17, 15) is 9.90 Å². The van der Waals surface area contributed by atoms with Crippen molar-refractivity contribution < 1.29 is 19.1 Å². The lowest BCUT2D eigenvalue weighted by atomic mass is 10.1. The first kappa shape index (κ1) is 12.0. The molecule has 1 aromatic carbocycles. The first-order valence-corrected chi connectivity index (χ1v) is 5.37. The summed E-state index contributed by atoms with van der Waals surface area (Å²) in [7, 11) is 1.43. The van der Waals surface area contributed by atoms with Crippen molar-refractivity contribution in [1.29, 1.82) is 0 Å². The van der Waals surface area contributed by atoms with Crippen LogP contribution in [-0.2, 0) is 6.54 Å². The zero-order valence-electron chi connectivity index (χ0n) is 9.84. The molecule has 0 aliphatic rings. The Morgan fingerprint density at radius 3 is 2.89 bits per heavy atom. The number of ether oxygens (including phenoxy) is 1. The Labute approximate surface area is 104 Å². The van der Waals surface area contributed by atoms with E-state index in [0.29, 0.717) is 24.1 Å². The van der Waals surface area contributed by atoms with E-state index in [0.717, 1.165) is 5.76 Å². The number of benzene rings is 1. The number of phenols is 1. The second-order valence-corrected chi connectivity index (χ2v) is 3.63. The number of carbonyl (C=O) groups is 1. The molecule has 1 heterocycles. The van der Waals surface area contributed by atoms with Gasteiger partial charge in [0.2, 0.25) is 0 Å². The quantitative estimate of drug-likeness (QED) is 0.794. The molecule has 1 aromatic heterocycles. The maximum absolute atomic E-state index is 11.0. The molecule has 2 aromatic rings. The van der Waals surface area contributed by atoms with Crippen LogP contribution < -0.4 is 10.1 Å². The Bertz CT molecular complexity index is 534. The van der Waals surface area contributed by atoms with Gasteiger partial charge in [0.05, 0.1) is 25.6 Å². The van der Waals surface area contributed by atoms with Crippen molar-refractivity contribution in [1.82, 2.24) is 0 Å². The van der Waals surface area contributed by atoms with Crippen LogP contribution in [0.1, 0.15) is 16.1 Å². The molecule has 0 amide bonds. The first-order valence-electron chi connectivity index (χ1n) is 5.37. The van der Waals surface area contributed by atoms with Crippen LogP contribution in [0.3, 0.4) is 0 Å². The van der Waals surface area contributed by atoms with Gasteiger partial charge in [0, 0.05) is 5.56 Å². The Hall–Kier alpha value is -2.43. The third kappa shape index (κ3) is 2.29. The molecule has 0 radical (unpaired) electrons. The number of furan rings is 1. The molecule has 0 spiro atoms. The fourth-order valence-electron chi connectivity index (χ4n) is 1.66. The molecule has 0 saturated carbocycles. The maximum Gasteiger partial charge on any atom is 0.184 e. The summed E-state index contributed by atoms with van der Waals surface area (Å²) in [5, 5.41) is 12.7. The highest BCUT2D eigenvalue weighted by Crippen LogP contribution is 2.36. The van der Waals surface area contributed by atoms with Crippen molar-refractivity contribution >= 4 is 12.0 Å². The topological polar surface area (TPSA) is 71.7 Å². The average molecular weight is 247 g/mol. The maximum atomic E-state index is 11.0. The van der Waals surface area contributed by atoms with Crippen molar-refractivity contribution in [3.05, 3.63) is 41.9 Å². The average Bonchev–Trinajstić information content (AvgIpc) is 2.89. The summed E-state index contributed by atoms with van der Waals surface area (Å²) in [5.41, 5.74) is 0.861. The fraction of sp³-hybridized carbons (Fsp3) is 0.154. The minimum atomic E-state index is -0.0231. The van der Waals surface area contributed by atoms with Gasteiger partial charge in [-0.2, -0.15) is 0 Å². The van der Waals surface area contributed by atoms with Crippen LogP contribution in [0.15, 0.2) is 34.9 Å². The summed E-state index contributed by atoms with van der Waals surface area (Å²) >= 11 is 0. The molecule has 18 heavy (non-hydrogen) atoms. The van der Waals surface area contributed by atoms with Crippen LogP contribution in [0.2, 0.25) is 0 Å². The highest BCUT2D eigenvalue weighted by atomic mass is 16.5. The molecule has 0 atom stereocenters. The summed E-state index contributed by atoms with van der Waals surface area (Å²) < 4.78 is 10.3. The smallest absolute Gasteiger partial charge is 0.184 e. The number of rotatable bonds is 5. The molecule has 5 nitrogen and oxygen atoms in total. The largest absolute Gasteiger partial charge is 0.504 e. The second-order valence-electron chi connectivity index (χ2n) is 3.63. The summed E-state index contributed by atoms with van der Waals surface area (Å²) in [4.78, 5) is 11.0. The Morgan fingerprint density at radius 1 is 1.44 bits per heavy atom. The van der Waals surface area contributed by atoms with Crippen LogP contribution in [-0.4, -0.2) is 18.5 Å². The highest BCUT2D eigenvalue weighted by Gasteiger charge is 2.13. The zero-order chi connectivity index (χ0) is 13.0. The summed E-state index contributed by atoms with van der Waals surface area (Å²) in [6.45, 7) is 0.396. The molecule has 0 unspecified atom stereocenters. The summed E-state index contributed by atoms with van der Waals surface area (Å²) in [5.74, 6) is 0.938. The minimum Gasteiger partial charge on any atom is -0.504 e. The molecule has 94 valence electrons. The molecule has 0 aliphatic carbocycles. The van der Waals surface area contributed by atoms with Gasteiger partial charge in [-0.3, -0.25) is 4.79 Å². The van der Waals surface area contributed by atoms with Gasteiger partial charge < -0.3 is 19.6 Å². The lowest BCUT2D eigenvalue weighted by Gasteiger charge is -2.13. The van der Waals surface area contributed by atoms with Crippen LogP contribution in [0.25, 0.3) is 0 Å². The van der Waals surface area contributed by atoms with E-state index in [1.807, 2.05) is 6.07 Å². The van der Waals surface area contributed by atoms with Crippen LogP contribution in [0.5, 0.6) is 11.5 Å². The van der Waals surface area contributed by atoms with Gasteiger partial charge in [-0.15, -0.1) is 0 Å². The van der Waals surface area contributed by atoms with Gasteiger partial charge in [0.15, 0.2) is 17.8 Å². The van der Waals surface area contributed by atoms with E-state index < -0.39 is 0 Å². The monoisotopic (exact) mass is 247 g/mol. The summed E-state index contributed by atoms with van der Waals surface area (Å²) in [6.07, 6.45) is 2.27. The summed E-state index contributed by atoms with van der Waals surface area (Å²) in [6, 6.07) is 6.52. The number of anilines is 1. The van der Waals surface area contributed by atoms with Gasteiger partial charge in [-0.05, 0) is 24.3 Å². The Morgan fingerprint density at radius 2 is 2.28 bits per heavy atom. The third-order valence-electron chi connectivity index (χ3n) is 2.52. The number of carbonyl (C=O) groups excluding carboxylic acids is 1. The van der Waals surface area contributed by atoms with Crippen LogP contribution in [0.4, 0.5) is 5.69 Å². The number of nitrogens with one attached hydrogen (secondary N) is 1. The van der Waals surface area contributed by atoms with Crippen molar-refractivity contribution in [2.75, 3.05) is 12.4 Å². The molecule has 0 bridgehead atoms. The number of aromatic hydroxyl groups is 1. The first-order chi connectivity index (χ1) is 8.76. The molecule has 0 saturated heterocycles. The fourth-order valence-corrected chi connectivity index (χ4v) is 1.66. The second kappa shape index (κ2) is 5.27. The lowest BCUT2D eigenvalue weighted by molar-refractivity contribution is 0.112.